The number of rotatable bonds is 5. The molecule has 124 valence electrons. The van der Waals surface area contributed by atoms with Crippen molar-refractivity contribution in [3.63, 3.8) is 0 Å². The molecule has 1 amide bonds. The summed E-state index contributed by atoms with van der Waals surface area (Å²) < 4.78 is 27.0. The van der Waals surface area contributed by atoms with E-state index in [4.69, 9.17) is 5.73 Å². The number of carbonyl (C=O) groups excluding carboxylic acids is 1. The topological polar surface area (TPSA) is 92.5 Å². The highest BCUT2D eigenvalue weighted by Crippen LogP contribution is 2.28. The van der Waals surface area contributed by atoms with Crippen molar-refractivity contribution < 1.29 is 13.2 Å². The van der Waals surface area contributed by atoms with Crippen molar-refractivity contribution in [2.45, 2.75) is 36.9 Å². The highest BCUT2D eigenvalue weighted by Gasteiger charge is 2.34. The fourth-order valence-electron chi connectivity index (χ4n) is 2.47. The average Bonchev–Trinajstić information content (AvgIpc) is 2.94. The fourth-order valence-corrected chi connectivity index (χ4v) is 5.43. The minimum Gasteiger partial charge on any atom is -0.352 e. The molecular weight excluding hydrogens is 322 g/mol. The summed E-state index contributed by atoms with van der Waals surface area (Å²) in [6, 6.07) is 3.34. The Morgan fingerprint density at radius 2 is 2.27 bits per heavy atom. The molecule has 1 fully saturated rings. The SMILES string of the molecule is Cc1ccc(S(=O)(=O)N2CCCC(C(=O)N[C@@H](C)CN)C2)s1. The number of hydrogen-bond donors (Lipinski definition) is 2. The Hall–Kier alpha value is -0.960. The summed E-state index contributed by atoms with van der Waals surface area (Å²) in [4.78, 5) is 13.2. The summed E-state index contributed by atoms with van der Waals surface area (Å²) in [7, 11) is -3.49. The van der Waals surface area contributed by atoms with Gasteiger partial charge in [0.15, 0.2) is 0 Å². The van der Waals surface area contributed by atoms with Crippen LogP contribution in [0, 0.1) is 12.8 Å². The molecule has 1 aliphatic heterocycles. The third kappa shape index (κ3) is 3.87. The van der Waals surface area contributed by atoms with E-state index in [0.29, 0.717) is 30.1 Å². The summed E-state index contributed by atoms with van der Waals surface area (Å²) in [5.41, 5.74) is 5.51. The van der Waals surface area contributed by atoms with Crippen LogP contribution < -0.4 is 11.1 Å². The van der Waals surface area contributed by atoms with E-state index in [1.54, 1.807) is 12.1 Å². The molecule has 2 atom stereocenters. The van der Waals surface area contributed by atoms with Crippen molar-refractivity contribution in [2.75, 3.05) is 19.6 Å². The van der Waals surface area contributed by atoms with E-state index in [1.807, 2.05) is 13.8 Å². The number of aryl methyl sites for hydroxylation is 1. The monoisotopic (exact) mass is 345 g/mol. The molecule has 2 rings (SSSR count). The average molecular weight is 345 g/mol. The smallest absolute Gasteiger partial charge is 0.252 e. The van der Waals surface area contributed by atoms with Gasteiger partial charge in [-0.05, 0) is 38.8 Å². The number of sulfonamides is 1. The maximum atomic E-state index is 12.6. The van der Waals surface area contributed by atoms with Gasteiger partial charge in [0.05, 0.1) is 5.92 Å². The molecule has 1 aliphatic rings. The van der Waals surface area contributed by atoms with E-state index in [2.05, 4.69) is 5.32 Å². The maximum Gasteiger partial charge on any atom is 0.252 e. The van der Waals surface area contributed by atoms with Crippen molar-refractivity contribution in [1.29, 1.82) is 0 Å². The number of nitrogens with two attached hydrogens (primary N) is 1. The predicted molar refractivity (Wildman–Crippen MR) is 87.2 cm³/mol. The molecule has 1 aromatic rings. The highest BCUT2D eigenvalue weighted by atomic mass is 32.2. The van der Waals surface area contributed by atoms with Gasteiger partial charge in [0, 0.05) is 30.6 Å². The van der Waals surface area contributed by atoms with Gasteiger partial charge in [0.2, 0.25) is 5.91 Å². The standard InChI is InChI=1S/C14H23N3O3S2/c1-10(8-15)16-14(18)12-4-3-7-17(9-12)22(19,20)13-6-5-11(2)21-13/h5-6,10,12H,3-4,7-9,15H2,1-2H3,(H,16,18)/t10-,12?/m0/s1. The van der Waals surface area contributed by atoms with Gasteiger partial charge in [-0.25, -0.2) is 8.42 Å². The zero-order valence-corrected chi connectivity index (χ0v) is 14.5. The van der Waals surface area contributed by atoms with Crippen LogP contribution in [0.4, 0.5) is 0 Å². The first-order valence-electron chi connectivity index (χ1n) is 7.41. The normalized spacial score (nSPS) is 21.5. The Kier molecular flexibility index (Phi) is 5.60. The maximum absolute atomic E-state index is 12.6. The first-order chi connectivity index (χ1) is 10.3. The lowest BCUT2D eigenvalue weighted by Gasteiger charge is -2.31. The largest absolute Gasteiger partial charge is 0.352 e. The second-order valence-corrected chi connectivity index (χ2v) is 9.17. The molecule has 3 N–H and O–H groups in total. The zero-order chi connectivity index (χ0) is 16.3. The Morgan fingerprint density at radius 3 is 2.86 bits per heavy atom. The van der Waals surface area contributed by atoms with Crippen molar-refractivity contribution in [3.05, 3.63) is 17.0 Å². The molecular formula is C14H23N3O3S2. The lowest BCUT2D eigenvalue weighted by atomic mass is 9.98. The van der Waals surface area contributed by atoms with Crippen LogP contribution in [0.5, 0.6) is 0 Å². The molecule has 1 saturated heterocycles. The van der Waals surface area contributed by atoms with E-state index in [-0.39, 0.29) is 24.4 Å². The Labute approximate surface area is 135 Å². The first-order valence-corrected chi connectivity index (χ1v) is 9.67. The molecule has 8 heteroatoms. The summed E-state index contributed by atoms with van der Waals surface area (Å²) in [5.74, 6) is -0.418. The summed E-state index contributed by atoms with van der Waals surface area (Å²) >= 11 is 1.27. The predicted octanol–water partition coefficient (Wildman–Crippen LogP) is 0.921. The van der Waals surface area contributed by atoms with Gasteiger partial charge in [-0.3, -0.25) is 4.79 Å². The summed E-state index contributed by atoms with van der Waals surface area (Å²) in [5, 5.41) is 2.83. The minimum atomic E-state index is -3.49. The van der Waals surface area contributed by atoms with E-state index >= 15 is 0 Å². The van der Waals surface area contributed by atoms with Crippen molar-refractivity contribution in [2.24, 2.45) is 11.7 Å². The third-order valence-electron chi connectivity index (χ3n) is 3.81. The molecule has 1 aromatic heterocycles. The van der Waals surface area contributed by atoms with E-state index < -0.39 is 10.0 Å². The van der Waals surface area contributed by atoms with Crippen LogP contribution in [0.2, 0.25) is 0 Å². The van der Waals surface area contributed by atoms with Crippen LogP contribution in [0.15, 0.2) is 16.3 Å². The molecule has 2 heterocycles. The van der Waals surface area contributed by atoms with Crippen LogP contribution in [0.25, 0.3) is 0 Å². The molecule has 0 spiro atoms. The van der Waals surface area contributed by atoms with Gasteiger partial charge in [-0.2, -0.15) is 4.31 Å². The van der Waals surface area contributed by atoms with Crippen molar-refractivity contribution >= 4 is 27.3 Å². The summed E-state index contributed by atoms with van der Waals surface area (Å²) in [6.45, 7) is 4.79. The quantitative estimate of drug-likeness (QED) is 0.830. The number of carbonyl (C=O) groups is 1. The fraction of sp³-hybridized carbons (Fsp3) is 0.643. The van der Waals surface area contributed by atoms with Crippen LogP contribution in [-0.4, -0.2) is 44.3 Å². The van der Waals surface area contributed by atoms with Crippen molar-refractivity contribution in [1.82, 2.24) is 9.62 Å². The summed E-state index contributed by atoms with van der Waals surface area (Å²) in [6.07, 6.45) is 1.40. The number of thiophene rings is 1. The van der Waals surface area contributed by atoms with E-state index in [9.17, 15) is 13.2 Å². The van der Waals surface area contributed by atoms with Gasteiger partial charge in [0.25, 0.3) is 10.0 Å². The molecule has 1 unspecified atom stereocenters. The van der Waals surface area contributed by atoms with E-state index in [0.717, 1.165) is 4.88 Å². The van der Waals surface area contributed by atoms with Crippen LogP contribution >= 0.6 is 11.3 Å². The highest BCUT2D eigenvalue weighted by molar-refractivity contribution is 7.91. The van der Waals surface area contributed by atoms with Gasteiger partial charge >= 0.3 is 0 Å². The molecule has 6 nitrogen and oxygen atoms in total. The number of hydrogen-bond acceptors (Lipinski definition) is 5. The van der Waals surface area contributed by atoms with Crippen molar-refractivity contribution in [3.8, 4) is 0 Å². The third-order valence-corrected chi connectivity index (χ3v) is 7.14. The molecule has 0 radical (unpaired) electrons. The minimum absolute atomic E-state index is 0.0978. The lowest BCUT2D eigenvalue weighted by molar-refractivity contribution is -0.126. The van der Waals surface area contributed by atoms with Crippen LogP contribution in [0.1, 0.15) is 24.6 Å². The van der Waals surface area contributed by atoms with Crippen LogP contribution in [0.3, 0.4) is 0 Å². The number of amides is 1. The lowest BCUT2D eigenvalue weighted by Crippen LogP contribution is -2.48. The zero-order valence-electron chi connectivity index (χ0n) is 12.9. The van der Waals surface area contributed by atoms with Crippen LogP contribution in [-0.2, 0) is 14.8 Å². The van der Waals surface area contributed by atoms with Gasteiger partial charge < -0.3 is 11.1 Å². The van der Waals surface area contributed by atoms with Gasteiger partial charge in [-0.15, -0.1) is 11.3 Å². The Balaban J connectivity index is 2.08. The Morgan fingerprint density at radius 1 is 1.55 bits per heavy atom. The Bertz CT molecular complexity index is 627. The number of nitrogens with zero attached hydrogens (tertiary/aromatic N) is 1. The molecule has 0 saturated carbocycles. The first kappa shape index (κ1) is 17.4. The second-order valence-electron chi connectivity index (χ2n) is 5.71. The molecule has 0 bridgehead atoms. The van der Waals surface area contributed by atoms with E-state index in [1.165, 1.54) is 15.6 Å². The molecule has 0 aliphatic carbocycles. The van der Waals surface area contributed by atoms with Gasteiger partial charge in [-0.1, -0.05) is 0 Å². The van der Waals surface area contributed by atoms with Gasteiger partial charge in [0.1, 0.15) is 4.21 Å². The molecule has 22 heavy (non-hydrogen) atoms. The molecule has 0 aromatic carbocycles. The second kappa shape index (κ2) is 7.08. The number of piperidine rings is 1. The number of nitrogens with one attached hydrogen (secondary N) is 1.